The third-order valence-corrected chi connectivity index (χ3v) is 4.24. The Morgan fingerprint density at radius 2 is 1.65 bits per heavy atom. The fourth-order valence-corrected chi connectivity index (χ4v) is 2.82. The van der Waals surface area contributed by atoms with E-state index < -0.39 is 5.60 Å². The Balaban J connectivity index is 1.99. The fraction of sp³-hybridized carbons (Fsp3) is 0.619. The Morgan fingerprint density at radius 1 is 1.00 bits per heavy atom. The van der Waals surface area contributed by atoms with E-state index in [0.29, 0.717) is 0 Å². The van der Waals surface area contributed by atoms with E-state index in [2.05, 4.69) is 13.0 Å². The summed E-state index contributed by atoms with van der Waals surface area (Å²) in [6.45, 7) is 2.26. The van der Waals surface area contributed by atoms with Crippen LogP contribution in [0.25, 0.3) is 0 Å². The fourth-order valence-electron chi connectivity index (χ4n) is 2.82. The standard InChI is InChI=1S/C21H34O2/c1-2-3-4-5-6-7-8-9-10-11-12-13-14-17-21(23)18-15-16-20(22)19-21/h12-18,22-23H,2-11,19H2,1H3. The summed E-state index contributed by atoms with van der Waals surface area (Å²) in [6.07, 6.45) is 26.3. The van der Waals surface area contributed by atoms with Gasteiger partial charge in [-0.25, -0.2) is 0 Å². The Labute approximate surface area is 142 Å². The molecule has 0 aromatic heterocycles. The zero-order valence-electron chi connectivity index (χ0n) is 14.7. The van der Waals surface area contributed by atoms with Crippen molar-refractivity contribution in [1.82, 2.24) is 0 Å². The van der Waals surface area contributed by atoms with Crippen molar-refractivity contribution < 1.29 is 10.2 Å². The van der Waals surface area contributed by atoms with Crippen LogP contribution < -0.4 is 0 Å². The summed E-state index contributed by atoms with van der Waals surface area (Å²) in [5.41, 5.74) is -1.04. The van der Waals surface area contributed by atoms with Crippen molar-refractivity contribution in [3.8, 4) is 0 Å². The van der Waals surface area contributed by atoms with Crippen LogP contribution in [0.3, 0.4) is 0 Å². The van der Waals surface area contributed by atoms with E-state index in [1.54, 1.807) is 24.3 Å². The average Bonchev–Trinajstić information content (AvgIpc) is 2.51. The number of allylic oxidation sites excluding steroid dienone is 5. The molecule has 130 valence electrons. The van der Waals surface area contributed by atoms with Crippen LogP contribution in [0.1, 0.15) is 77.6 Å². The van der Waals surface area contributed by atoms with Crippen LogP contribution in [0.5, 0.6) is 0 Å². The van der Waals surface area contributed by atoms with Gasteiger partial charge in [0.05, 0.1) is 5.76 Å². The van der Waals surface area contributed by atoms with Crippen molar-refractivity contribution in [3.63, 3.8) is 0 Å². The lowest BCUT2D eigenvalue weighted by atomic mass is 9.93. The van der Waals surface area contributed by atoms with E-state index in [-0.39, 0.29) is 12.2 Å². The minimum absolute atomic E-state index is 0.221. The SMILES string of the molecule is CCCCCCCCCCCC=CC=CC1(O)C=CC=C(O)C1. The van der Waals surface area contributed by atoms with Crippen LogP contribution in [0.4, 0.5) is 0 Å². The molecule has 0 aromatic carbocycles. The molecule has 1 aliphatic rings. The highest BCUT2D eigenvalue weighted by Crippen LogP contribution is 2.22. The van der Waals surface area contributed by atoms with Gasteiger partial charge < -0.3 is 10.2 Å². The summed E-state index contributed by atoms with van der Waals surface area (Å²) < 4.78 is 0. The molecule has 0 fully saturated rings. The molecule has 0 amide bonds. The smallest absolute Gasteiger partial charge is 0.108 e. The molecule has 0 aromatic rings. The van der Waals surface area contributed by atoms with E-state index in [9.17, 15) is 10.2 Å². The van der Waals surface area contributed by atoms with Gasteiger partial charge in [-0.05, 0) is 31.1 Å². The molecule has 0 saturated carbocycles. The number of hydrogen-bond donors (Lipinski definition) is 2. The van der Waals surface area contributed by atoms with Gasteiger partial charge in [-0.3, -0.25) is 0 Å². The van der Waals surface area contributed by atoms with Gasteiger partial charge in [0, 0.05) is 6.42 Å². The summed E-state index contributed by atoms with van der Waals surface area (Å²) in [7, 11) is 0. The highest BCUT2D eigenvalue weighted by Gasteiger charge is 2.23. The van der Waals surface area contributed by atoms with Crippen LogP contribution in [-0.2, 0) is 0 Å². The van der Waals surface area contributed by atoms with Gasteiger partial charge in [-0.15, -0.1) is 0 Å². The van der Waals surface area contributed by atoms with Crippen molar-refractivity contribution in [2.24, 2.45) is 0 Å². The molecule has 0 radical (unpaired) electrons. The van der Waals surface area contributed by atoms with Crippen molar-refractivity contribution in [3.05, 3.63) is 48.3 Å². The Hall–Kier alpha value is -1.28. The van der Waals surface area contributed by atoms with E-state index in [1.807, 2.05) is 12.2 Å². The maximum Gasteiger partial charge on any atom is 0.108 e. The lowest BCUT2D eigenvalue weighted by Gasteiger charge is -2.22. The molecular formula is C21H34O2. The summed E-state index contributed by atoms with van der Waals surface area (Å²) in [5, 5.41) is 19.7. The second kappa shape index (κ2) is 12.2. The molecule has 1 rings (SSSR count). The molecule has 1 aliphatic carbocycles. The van der Waals surface area contributed by atoms with E-state index in [4.69, 9.17) is 0 Å². The molecule has 2 N–H and O–H groups in total. The second-order valence-electron chi connectivity index (χ2n) is 6.59. The minimum atomic E-state index is -1.04. The first-order valence-corrected chi connectivity index (χ1v) is 9.30. The van der Waals surface area contributed by atoms with Gasteiger partial charge in [0.2, 0.25) is 0 Å². The predicted molar refractivity (Wildman–Crippen MR) is 99.5 cm³/mol. The predicted octanol–water partition coefficient (Wildman–Crippen LogP) is 6.15. The number of aliphatic hydroxyl groups excluding tert-OH is 1. The highest BCUT2D eigenvalue weighted by atomic mass is 16.3. The first-order chi connectivity index (χ1) is 11.2. The van der Waals surface area contributed by atoms with E-state index in [1.165, 1.54) is 57.8 Å². The van der Waals surface area contributed by atoms with Crippen LogP contribution in [0, 0.1) is 0 Å². The van der Waals surface area contributed by atoms with Gasteiger partial charge >= 0.3 is 0 Å². The molecule has 2 heteroatoms. The van der Waals surface area contributed by atoms with Crippen LogP contribution in [0.15, 0.2) is 48.3 Å². The number of unbranched alkanes of at least 4 members (excludes halogenated alkanes) is 9. The third kappa shape index (κ3) is 10.2. The van der Waals surface area contributed by atoms with Gasteiger partial charge in [-0.2, -0.15) is 0 Å². The van der Waals surface area contributed by atoms with Crippen LogP contribution in [-0.4, -0.2) is 15.8 Å². The van der Waals surface area contributed by atoms with Gasteiger partial charge in [0.1, 0.15) is 5.60 Å². The maximum absolute atomic E-state index is 10.2. The van der Waals surface area contributed by atoms with Crippen LogP contribution in [0.2, 0.25) is 0 Å². The zero-order valence-corrected chi connectivity index (χ0v) is 14.7. The normalized spacial score (nSPS) is 21.4. The van der Waals surface area contributed by atoms with Crippen molar-refractivity contribution in [2.45, 2.75) is 83.2 Å². The molecule has 23 heavy (non-hydrogen) atoms. The lowest BCUT2D eigenvalue weighted by molar-refractivity contribution is 0.125. The molecule has 0 aliphatic heterocycles. The first-order valence-electron chi connectivity index (χ1n) is 9.30. The molecule has 1 atom stereocenters. The Morgan fingerprint density at radius 3 is 2.30 bits per heavy atom. The van der Waals surface area contributed by atoms with Crippen molar-refractivity contribution >= 4 is 0 Å². The number of hydrogen-bond acceptors (Lipinski definition) is 2. The molecule has 0 bridgehead atoms. The molecular weight excluding hydrogens is 284 g/mol. The molecule has 0 saturated heterocycles. The second-order valence-corrected chi connectivity index (χ2v) is 6.59. The summed E-state index contributed by atoms with van der Waals surface area (Å²) >= 11 is 0. The topological polar surface area (TPSA) is 40.5 Å². The first kappa shape index (κ1) is 19.8. The zero-order chi connectivity index (χ0) is 16.8. The Bertz CT molecular complexity index is 418. The number of aliphatic hydroxyl groups is 2. The minimum Gasteiger partial charge on any atom is -0.512 e. The third-order valence-electron chi connectivity index (χ3n) is 4.24. The maximum atomic E-state index is 10.2. The number of rotatable bonds is 12. The van der Waals surface area contributed by atoms with Crippen molar-refractivity contribution in [2.75, 3.05) is 0 Å². The Kier molecular flexibility index (Phi) is 10.5. The van der Waals surface area contributed by atoms with Crippen molar-refractivity contribution in [1.29, 1.82) is 0 Å². The van der Waals surface area contributed by atoms with Gasteiger partial charge in [0.25, 0.3) is 0 Å². The van der Waals surface area contributed by atoms with E-state index in [0.717, 1.165) is 6.42 Å². The summed E-state index contributed by atoms with van der Waals surface area (Å²) in [4.78, 5) is 0. The van der Waals surface area contributed by atoms with E-state index >= 15 is 0 Å². The molecule has 1 unspecified atom stereocenters. The van der Waals surface area contributed by atoms with Gasteiger partial charge in [-0.1, -0.05) is 82.6 Å². The molecule has 0 spiro atoms. The highest BCUT2D eigenvalue weighted by molar-refractivity contribution is 5.28. The largest absolute Gasteiger partial charge is 0.512 e. The average molecular weight is 319 g/mol. The quantitative estimate of drug-likeness (QED) is 0.334. The summed E-state index contributed by atoms with van der Waals surface area (Å²) in [6, 6.07) is 0. The van der Waals surface area contributed by atoms with Gasteiger partial charge in [0.15, 0.2) is 0 Å². The molecule has 0 heterocycles. The molecule has 2 nitrogen and oxygen atoms in total. The lowest BCUT2D eigenvalue weighted by Crippen LogP contribution is -2.24. The van der Waals surface area contributed by atoms with Crippen LogP contribution >= 0.6 is 0 Å². The summed E-state index contributed by atoms with van der Waals surface area (Å²) in [5.74, 6) is 0.221. The monoisotopic (exact) mass is 318 g/mol.